The highest BCUT2D eigenvalue weighted by Gasteiger charge is 2.28. The number of ether oxygens (including phenoxy) is 1. The molecule has 0 aromatic heterocycles. The molecule has 0 saturated carbocycles. The van der Waals surface area contributed by atoms with Gasteiger partial charge in [-0.05, 0) is 42.2 Å². The van der Waals surface area contributed by atoms with Crippen LogP contribution in [0.4, 0.5) is 0 Å². The Morgan fingerprint density at radius 1 is 1.00 bits per heavy atom. The van der Waals surface area contributed by atoms with E-state index in [-0.39, 0.29) is 11.8 Å². The Kier molecular flexibility index (Phi) is 3.44. The van der Waals surface area contributed by atoms with Crippen molar-refractivity contribution < 1.29 is 14.3 Å². The molecular formula is C17H15NO3. The third kappa shape index (κ3) is 2.52. The van der Waals surface area contributed by atoms with Gasteiger partial charge in [-0.15, -0.1) is 0 Å². The Morgan fingerprint density at radius 3 is 2.62 bits per heavy atom. The molecule has 1 heterocycles. The van der Waals surface area contributed by atoms with Crippen LogP contribution in [0.15, 0.2) is 42.5 Å². The van der Waals surface area contributed by atoms with E-state index in [1.807, 2.05) is 36.4 Å². The molecule has 1 N–H and O–H groups in total. The zero-order valence-corrected chi connectivity index (χ0v) is 11.7. The van der Waals surface area contributed by atoms with Crippen LogP contribution in [0.25, 0.3) is 0 Å². The van der Waals surface area contributed by atoms with E-state index in [9.17, 15) is 9.59 Å². The summed E-state index contributed by atoms with van der Waals surface area (Å²) in [6.45, 7) is 0. The van der Waals surface area contributed by atoms with E-state index in [0.29, 0.717) is 17.5 Å². The molecule has 0 fully saturated rings. The molecule has 2 amide bonds. The van der Waals surface area contributed by atoms with Crippen molar-refractivity contribution in [2.45, 2.75) is 12.8 Å². The third-order valence-corrected chi connectivity index (χ3v) is 3.67. The summed E-state index contributed by atoms with van der Waals surface area (Å²) in [5.74, 6) is 0.216. The Labute approximate surface area is 122 Å². The van der Waals surface area contributed by atoms with Crippen molar-refractivity contribution in [3.63, 3.8) is 0 Å². The molecule has 0 aliphatic carbocycles. The predicted molar refractivity (Wildman–Crippen MR) is 78.6 cm³/mol. The summed E-state index contributed by atoms with van der Waals surface area (Å²) in [5.41, 5.74) is 3.03. The molecule has 3 rings (SSSR count). The number of aryl methyl sites for hydroxylation is 2. The average molecular weight is 281 g/mol. The van der Waals surface area contributed by atoms with Gasteiger partial charge in [-0.25, -0.2) is 0 Å². The molecule has 21 heavy (non-hydrogen) atoms. The van der Waals surface area contributed by atoms with Gasteiger partial charge in [-0.2, -0.15) is 0 Å². The summed E-state index contributed by atoms with van der Waals surface area (Å²) in [6, 6.07) is 13.3. The first-order valence-corrected chi connectivity index (χ1v) is 6.79. The van der Waals surface area contributed by atoms with Crippen molar-refractivity contribution in [3.05, 3.63) is 64.7 Å². The summed E-state index contributed by atoms with van der Waals surface area (Å²) >= 11 is 0. The highest BCUT2D eigenvalue weighted by molar-refractivity contribution is 6.22. The van der Waals surface area contributed by atoms with Crippen LogP contribution in [0.3, 0.4) is 0 Å². The van der Waals surface area contributed by atoms with E-state index < -0.39 is 0 Å². The topological polar surface area (TPSA) is 55.4 Å². The molecular weight excluding hydrogens is 266 g/mol. The van der Waals surface area contributed by atoms with Crippen LogP contribution in [0.2, 0.25) is 0 Å². The van der Waals surface area contributed by atoms with Crippen molar-refractivity contribution >= 4 is 11.8 Å². The van der Waals surface area contributed by atoms with Crippen molar-refractivity contribution in [1.29, 1.82) is 0 Å². The van der Waals surface area contributed by atoms with Crippen molar-refractivity contribution in [3.8, 4) is 5.75 Å². The maximum atomic E-state index is 11.9. The second-order valence-electron chi connectivity index (χ2n) is 4.97. The van der Waals surface area contributed by atoms with Gasteiger partial charge < -0.3 is 4.74 Å². The van der Waals surface area contributed by atoms with Crippen LogP contribution >= 0.6 is 0 Å². The molecule has 2 aromatic carbocycles. The minimum Gasteiger partial charge on any atom is -0.497 e. The lowest BCUT2D eigenvalue weighted by Gasteiger charge is -2.07. The summed E-state index contributed by atoms with van der Waals surface area (Å²) in [6.07, 6.45) is 1.49. The fraction of sp³-hybridized carbons (Fsp3) is 0.176. The van der Waals surface area contributed by atoms with Crippen LogP contribution in [0, 0.1) is 0 Å². The summed E-state index contributed by atoms with van der Waals surface area (Å²) in [5, 5.41) is 2.34. The summed E-state index contributed by atoms with van der Waals surface area (Å²) in [4.78, 5) is 23.5. The minimum absolute atomic E-state index is 0.295. The van der Waals surface area contributed by atoms with E-state index in [2.05, 4.69) is 5.32 Å². The van der Waals surface area contributed by atoms with E-state index in [4.69, 9.17) is 4.74 Å². The largest absolute Gasteiger partial charge is 0.497 e. The van der Waals surface area contributed by atoms with Crippen LogP contribution in [-0.4, -0.2) is 18.9 Å². The van der Waals surface area contributed by atoms with Crippen LogP contribution < -0.4 is 10.1 Å². The van der Waals surface area contributed by atoms with Gasteiger partial charge in [0, 0.05) is 0 Å². The number of imide groups is 1. The average Bonchev–Trinajstić information content (AvgIpc) is 2.81. The zero-order chi connectivity index (χ0) is 14.8. The number of carbonyl (C=O) groups is 2. The van der Waals surface area contributed by atoms with Crippen LogP contribution in [0.1, 0.15) is 31.8 Å². The first kappa shape index (κ1) is 13.4. The Morgan fingerprint density at radius 2 is 1.81 bits per heavy atom. The third-order valence-electron chi connectivity index (χ3n) is 3.67. The zero-order valence-electron chi connectivity index (χ0n) is 11.7. The molecule has 2 aromatic rings. The molecule has 4 heteroatoms. The predicted octanol–water partition coefficient (Wildman–Crippen LogP) is 2.36. The molecule has 1 aliphatic rings. The number of carbonyl (C=O) groups excluding carboxylic acids is 2. The highest BCUT2D eigenvalue weighted by atomic mass is 16.5. The highest BCUT2D eigenvalue weighted by Crippen LogP contribution is 2.22. The number of nitrogens with one attached hydrogen (secondary N) is 1. The quantitative estimate of drug-likeness (QED) is 0.875. The number of amides is 2. The molecule has 0 atom stereocenters. The number of methoxy groups -OCH3 is 1. The number of hydrogen-bond acceptors (Lipinski definition) is 3. The van der Waals surface area contributed by atoms with E-state index in [1.165, 1.54) is 0 Å². The van der Waals surface area contributed by atoms with Gasteiger partial charge in [0.2, 0.25) is 0 Å². The molecule has 0 radical (unpaired) electrons. The van der Waals surface area contributed by atoms with Crippen molar-refractivity contribution in [2.24, 2.45) is 0 Å². The minimum atomic E-state index is -0.307. The number of fused-ring (bicyclic) bond motifs is 1. The Hall–Kier alpha value is -2.62. The van der Waals surface area contributed by atoms with Gasteiger partial charge in [0.05, 0.1) is 18.2 Å². The molecule has 0 bridgehead atoms. The van der Waals surface area contributed by atoms with E-state index >= 15 is 0 Å². The van der Waals surface area contributed by atoms with Crippen molar-refractivity contribution in [1.82, 2.24) is 5.32 Å². The fourth-order valence-corrected chi connectivity index (χ4v) is 2.61. The van der Waals surface area contributed by atoms with Gasteiger partial charge in [0.1, 0.15) is 5.75 Å². The maximum absolute atomic E-state index is 11.9. The molecule has 4 nitrogen and oxygen atoms in total. The monoisotopic (exact) mass is 281 g/mol. The lowest BCUT2D eigenvalue weighted by atomic mass is 9.97. The molecule has 0 saturated heterocycles. The number of rotatable bonds is 4. The number of hydrogen-bond donors (Lipinski definition) is 1. The van der Waals surface area contributed by atoms with Gasteiger partial charge in [-0.1, -0.05) is 24.3 Å². The second kappa shape index (κ2) is 5.40. The number of benzene rings is 2. The fourth-order valence-electron chi connectivity index (χ4n) is 2.61. The Balaban J connectivity index is 1.83. The molecule has 0 unspecified atom stereocenters. The summed E-state index contributed by atoms with van der Waals surface area (Å²) in [7, 11) is 1.64. The second-order valence-corrected chi connectivity index (χ2v) is 4.97. The van der Waals surface area contributed by atoms with Gasteiger partial charge >= 0.3 is 0 Å². The maximum Gasteiger partial charge on any atom is 0.259 e. The van der Waals surface area contributed by atoms with Gasteiger partial charge in [0.15, 0.2) is 0 Å². The van der Waals surface area contributed by atoms with Gasteiger partial charge in [0.25, 0.3) is 11.8 Å². The first-order chi connectivity index (χ1) is 10.2. The normalized spacial score (nSPS) is 13.0. The van der Waals surface area contributed by atoms with E-state index in [1.54, 1.807) is 13.2 Å². The lowest BCUT2D eigenvalue weighted by Crippen LogP contribution is -2.20. The molecule has 106 valence electrons. The Bertz CT molecular complexity index is 722. The molecule has 0 spiro atoms. The summed E-state index contributed by atoms with van der Waals surface area (Å²) < 4.78 is 5.20. The van der Waals surface area contributed by atoms with E-state index in [0.717, 1.165) is 23.3 Å². The smallest absolute Gasteiger partial charge is 0.259 e. The molecule has 1 aliphatic heterocycles. The standard InChI is InChI=1S/C17H15NO3/c1-21-13-6-2-4-11(10-13)8-9-12-5-3-7-14-15(12)17(20)18-16(14)19/h2-7,10H,8-9H2,1H3,(H,18,19,20). The lowest BCUT2D eigenvalue weighted by molar-refractivity contribution is 0.0879. The van der Waals surface area contributed by atoms with Gasteiger partial charge in [-0.3, -0.25) is 14.9 Å². The van der Waals surface area contributed by atoms with Crippen LogP contribution in [0.5, 0.6) is 5.75 Å². The van der Waals surface area contributed by atoms with Crippen molar-refractivity contribution in [2.75, 3.05) is 7.11 Å². The van der Waals surface area contributed by atoms with Crippen LogP contribution in [-0.2, 0) is 12.8 Å². The first-order valence-electron chi connectivity index (χ1n) is 6.79. The SMILES string of the molecule is COc1cccc(CCc2cccc3c2C(=O)NC3=O)c1.